The molecule has 8 heteroatoms. The summed E-state index contributed by atoms with van der Waals surface area (Å²) in [7, 11) is 0. The minimum atomic E-state index is -0.424. The third-order valence-electron chi connectivity index (χ3n) is 3.87. The lowest BCUT2D eigenvalue weighted by Gasteiger charge is -2.05. The predicted octanol–water partition coefficient (Wildman–Crippen LogP) is 5.16. The smallest absolute Gasteiger partial charge is 0.273 e. The van der Waals surface area contributed by atoms with Crippen molar-refractivity contribution in [2.24, 2.45) is 5.10 Å². The topological polar surface area (TPSA) is 87.7 Å². The third kappa shape index (κ3) is 4.08. The van der Waals surface area contributed by atoms with Crippen molar-refractivity contribution < 1.29 is 9.90 Å². The molecular weight excluding hydrogens is 405 g/mol. The highest BCUT2D eigenvalue weighted by Gasteiger charge is 2.16. The minimum Gasteiger partial charge on any atom is -0.506 e. The van der Waals surface area contributed by atoms with E-state index in [9.17, 15) is 9.90 Å². The normalized spacial score (nSPS) is 11.4. The van der Waals surface area contributed by atoms with Crippen LogP contribution in [0.25, 0.3) is 10.4 Å². The summed E-state index contributed by atoms with van der Waals surface area (Å²) in [4.78, 5) is 12.8. The van der Waals surface area contributed by atoms with Gasteiger partial charge in [-0.1, -0.05) is 41.4 Å². The van der Waals surface area contributed by atoms with E-state index in [1.54, 1.807) is 54.8 Å². The highest BCUT2D eigenvalue weighted by molar-refractivity contribution is 7.14. The number of benzene rings is 2. The molecule has 27 heavy (non-hydrogen) atoms. The molecule has 4 N–H and O–H groups in total. The third-order valence-corrected chi connectivity index (χ3v) is 5.62. The molecule has 138 valence electrons. The van der Waals surface area contributed by atoms with Gasteiger partial charge in [-0.15, -0.1) is 11.3 Å². The number of para-hydroxylation sites is 1. The number of nitrogens with zero attached hydrogens (tertiary/aromatic N) is 1. The fourth-order valence-electron chi connectivity index (χ4n) is 2.41. The number of hydrogen-bond acceptors (Lipinski definition) is 5. The number of amides is 1. The van der Waals surface area contributed by atoms with Crippen LogP contribution in [0.3, 0.4) is 0 Å². The van der Waals surface area contributed by atoms with Gasteiger partial charge in [-0.25, -0.2) is 5.43 Å². The number of carbonyl (C=O) groups excluding carboxylic acids is 1. The minimum absolute atomic E-state index is 0.0631. The summed E-state index contributed by atoms with van der Waals surface area (Å²) in [6.45, 7) is 1.69. The van der Waals surface area contributed by atoms with E-state index in [-0.39, 0.29) is 5.75 Å². The van der Waals surface area contributed by atoms with Gasteiger partial charge in [0, 0.05) is 11.1 Å². The van der Waals surface area contributed by atoms with Gasteiger partial charge in [-0.05, 0) is 36.8 Å². The Hall–Kier alpha value is -2.54. The van der Waals surface area contributed by atoms with E-state index in [0.29, 0.717) is 37.4 Å². The highest BCUT2D eigenvalue weighted by atomic mass is 35.5. The Morgan fingerprint density at radius 2 is 1.89 bits per heavy atom. The van der Waals surface area contributed by atoms with Crippen LogP contribution in [-0.4, -0.2) is 16.7 Å². The Morgan fingerprint density at radius 1 is 1.15 bits per heavy atom. The maximum Gasteiger partial charge on any atom is 0.273 e. The fourth-order valence-corrected chi connectivity index (χ4v) is 3.71. The standard InChI is InChI=1S/C19H15Cl2N3O2S/c1-10(23-24-19(26)12-4-2-3-5-16(12)22)13-9-27-18(17(13)25)11-6-7-14(20)15(21)8-11/h2-9,25H,22H2,1H3,(H,24,26). The number of halogens is 2. The fraction of sp³-hybridized carbons (Fsp3) is 0.0526. The van der Waals surface area contributed by atoms with Gasteiger partial charge >= 0.3 is 0 Å². The lowest BCUT2D eigenvalue weighted by molar-refractivity contribution is 0.0955. The molecule has 0 radical (unpaired) electrons. The van der Waals surface area contributed by atoms with Gasteiger partial charge in [0.15, 0.2) is 0 Å². The molecule has 3 rings (SSSR count). The van der Waals surface area contributed by atoms with Crippen LogP contribution in [0.2, 0.25) is 10.0 Å². The van der Waals surface area contributed by atoms with Crippen molar-refractivity contribution in [3.63, 3.8) is 0 Å². The molecule has 1 amide bonds. The van der Waals surface area contributed by atoms with E-state index >= 15 is 0 Å². The van der Waals surface area contributed by atoms with Gasteiger partial charge < -0.3 is 10.8 Å². The molecule has 0 aliphatic rings. The van der Waals surface area contributed by atoms with Crippen LogP contribution in [0.15, 0.2) is 52.9 Å². The van der Waals surface area contributed by atoms with Crippen molar-refractivity contribution in [1.29, 1.82) is 0 Å². The van der Waals surface area contributed by atoms with Gasteiger partial charge in [-0.3, -0.25) is 4.79 Å². The molecular formula is C19H15Cl2N3O2S. The van der Waals surface area contributed by atoms with Crippen LogP contribution in [0.1, 0.15) is 22.8 Å². The molecule has 0 bridgehead atoms. The maximum absolute atomic E-state index is 12.2. The number of nitrogens with two attached hydrogens (primary N) is 1. The molecule has 1 aromatic heterocycles. The largest absolute Gasteiger partial charge is 0.506 e. The zero-order chi connectivity index (χ0) is 19.6. The summed E-state index contributed by atoms with van der Waals surface area (Å²) in [6.07, 6.45) is 0. The molecule has 5 nitrogen and oxygen atoms in total. The molecule has 0 spiro atoms. The molecule has 0 unspecified atom stereocenters. The Kier molecular flexibility index (Phi) is 5.70. The van der Waals surface area contributed by atoms with Crippen molar-refractivity contribution in [2.45, 2.75) is 6.92 Å². The Morgan fingerprint density at radius 3 is 2.59 bits per heavy atom. The van der Waals surface area contributed by atoms with Crippen LogP contribution in [0.4, 0.5) is 5.69 Å². The first-order valence-corrected chi connectivity index (χ1v) is 9.47. The summed E-state index contributed by atoms with van der Waals surface area (Å²) in [5.74, 6) is -0.361. The molecule has 3 aromatic rings. The van der Waals surface area contributed by atoms with Gasteiger partial charge in [0.05, 0.1) is 31.8 Å². The first-order valence-electron chi connectivity index (χ1n) is 7.84. The zero-order valence-corrected chi connectivity index (χ0v) is 16.5. The van der Waals surface area contributed by atoms with Crippen molar-refractivity contribution >= 4 is 51.8 Å². The molecule has 0 aliphatic carbocycles. The maximum atomic E-state index is 12.2. The van der Waals surface area contributed by atoms with E-state index in [1.807, 2.05) is 0 Å². The number of nitrogen functional groups attached to an aromatic ring is 1. The lowest BCUT2D eigenvalue weighted by atomic mass is 10.1. The highest BCUT2D eigenvalue weighted by Crippen LogP contribution is 2.40. The van der Waals surface area contributed by atoms with E-state index < -0.39 is 5.91 Å². The molecule has 2 aromatic carbocycles. The van der Waals surface area contributed by atoms with Gasteiger partial charge in [0.25, 0.3) is 5.91 Å². The second-order valence-electron chi connectivity index (χ2n) is 5.68. The lowest BCUT2D eigenvalue weighted by Crippen LogP contribution is -2.20. The number of carbonyl (C=O) groups is 1. The number of hydrogen-bond donors (Lipinski definition) is 3. The van der Waals surface area contributed by atoms with E-state index in [4.69, 9.17) is 28.9 Å². The quantitative estimate of drug-likeness (QED) is 0.309. The molecule has 0 aliphatic heterocycles. The Labute approximate surface area is 170 Å². The van der Waals surface area contributed by atoms with Crippen LogP contribution < -0.4 is 11.2 Å². The van der Waals surface area contributed by atoms with Gasteiger partial charge in [0.2, 0.25) is 0 Å². The first-order chi connectivity index (χ1) is 12.9. The zero-order valence-electron chi connectivity index (χ0n) is 14.2. The molecule has 0 fully saturated rings. The average Bonchev–Trinajstić information content (AvgIpc) is 3.03. The van der Waals surface area contributed by atoms with E-state index in [2.05, 4.69) is 10.5 Å². The summed E-state index contributed by atoms with van der Waals surface area (Å²) >= 11 is 13.3. The van der Waals surface area contributed by atoms with Crippen LogP contribution >= 0.6 is 34.5 Å². The van der Waals surface area contributed by atoms with Crippen LogP contribution in [0, 0.1) is 0 Å². The van der Waals surface area contributed by atoms with Crippen molar-refractivity contribution in [3.05, 3.63) is 69.0 Å². The second-order valence-corrected chi connectivity index (χ2v) is 7.38. The monoisotopic (exact) mass is 419 g/mol. The number of anilines is 1. The molecule has 1 heterocycles. The first kappa shape index (κ1) is 19.2. The average molecular weight is 420 g/mol. The van der Waals surface area contributed by atoms with Crippen molar-refractivity contribution in [3.8, 4) is 16.2 Å². The van der Waals surface area contributed by atoms with Crippen molar-refractivity contribution in [2.75, 3.05) is 5.73 Å². The van der Waals surface area contributed by atoms with Gasteiger partial charge in [0.1, 0.15) is 5.75 Å². The number of thiophene rings is 1. The Bertz CT molecular complexity index is 1050. The second kappa shape index (κ2) is 8.00. The number of hydrazone groups is 1. The summed E-state index contributed by atoms with van der Waals surface area (Å²) in [6, 6.07) is 11.8. The summed E-state index contributed by atoms with van der Waals surface area (Å²) < 4.78 is 0. The number of aromatic hydroxyl groups is 1. The number of nitrogens with one attached hydrogen (secondary N) is 1. The Balaban J connectivity index is 1.83. The summed E-state index contributed by atoms with van der Waals surface area (Å²) in [5, 5.41) is 17.2. The molecule has 0 saturated heterocycles. The van der Waals surface area contributed by atoms with E-state index in [1.165, 1.54) is 11.3 Å². The summed E-state index contributed by atoms with van der Waals surface area (Å²) in [5.41, 5.74) is 10.7. The van der Waals surface area contributed by atoms with Crippen LogP contribution in [-0.2, 0) is 0 Å². The molecule has 0 atom stereocenters. The number of rotatable bonds is 4. The SMILES string of the molecule is CC(=NNC(=O)c1ccccc1N)c1csc(-c2ccc(Cl)c(Cl)c2)c1O. The molecule has 0 saturated carbocycles. The van der Waals surface area contributed by atoms with E-state index in [0.717, 1.165) is 5.56 Å². The van der Waals surface area contributed by atoms with Gasteiger partial charge in [-0.2, -0.15) is 5.10 Å². The van der Waals surface area contributed by atoms with Crippen molar-refractivity contribution in [1.82, 2.24) is 5.43 Å². The predicted molar refractivity (Wildman–Crippen MR) is 112 cm³/mol. The van der Waals surface area contributed by atoms with Crippen LogP contribution in [0.5, 0.6) is 5.75 Å².